The number of amides is 1. The molecule has 4 aromatic rings. The minimum absolute atomic E-state index is 0.211. The quantitative estimate of drug-likeness (QED) is 0.384. The lowest BCUT2D eigenvalue weighted by Gasteiger charge is -2.10. The Balaban J connectivity index is 1.38. The number of hydrogen-bond donors (Lipinski definition) is 2. The summed E-state index contributed by atoms with van der Waals surface area (Å²) in [6.07, 6.45) is 0.587. The van der Waals surface area contributed by atoms with Crippen molar-refractivity contribution >= 4 is 51.6 Å². The molecular formula is C24H20ClN3O2S. The average molecular weight is 450 g/mol. The van der Waals surface area contributed by atoms with Gasteiger partial charge in [0.25, 0.3) is 5.91 Å². The molecule has 3 aromatic carbocycles. The summed E-state index contributed by atoms with van der Waals surface area (Å²) in [5.74, 6) is 0.354. The van der Waals surface area contributed by atoms with Gasteiger partial charge in [-0.25, -0.2) is 4.98 Å². The number of fused-ring (bicyclic) bond motifs is 1. The molecule has 31 heavy (non-hydrogen) atoms. The van der Waals surface area contributed by atoms with Crippen molar-refractivity contribution in [3.8, 4) is 0 Å². The molecule has 2 N–H and O–H groups in total. The first-order valence-electron chi connectivity index (χ1n) is 9.71. The smallest absolute Gasteiger partial charge is 0.257 e. The number of aromatic nitrogens is 1. The number of hydrogen-bond acceptors (Lipinski definition) is 4. The predicted molar refractivity (Wildman–Crippen MR) is 128 cm³/mol. The largest absolute Gasteiger partial charge is 0.440 e. The third-order valence-corrected chi connectivity index (χ3v) is 5.18. The van der Waals surface area contributed by atoms with Gasteiger partial charge in [-0.15, -0.1) is 0 Å². The molecule has 7 heteroatoms. The minimum Gasteiger partial charge on any atom is -0.440 e. The number of anilines is 1. The number of carbonyl (C=O) groups excluding carboxylic acids is 1. The zero-order chi connectivity index (χ0) is 22.0. The molecule has 1 aromatic heterocycles. The van der Waals surface area contributed by atoms with Crippen molar-refractivity contribution in [1.29, 1.82) is 0 Å². The fourth-order valence-corrected chi connectivity index (χ4v) is 3.75. The summed E-state index contributed by atoms with van der Waals surface area (Å²) in [6, 6.07) is 18.5. The molecule has 0 saturated carbocycles. The lowest BCUT2D eigenvalue weighted by molar-refractivity contribution is 0.0977. The zero-order valence-corrected chi connectivity index (χ0v) is 18.6. The van der Waals surface area contributed by atoms with Crippen LogP contribution in [0.15, 0.2) is 65.1 Å². The van der Waals surface area contributed by atoms with Crippen molar-refractivity contribution in [3.05, 3.63) is 93.8 Å². The maximum Gasteiger partial charge on any atom is 0.257 e. The van der Waals surface area contributed by atoms with Crippen LogP contribution in [0, 0.1) is 13.8 Å². The highest BCUT2D eigenvalue weighted by atomic mass is 35.5. The summed E-state index contributed by atoms with van der Waals surface area (Å²) in [6.45, 7) is 4.08. The van der Waals surface area contributed by atoms with E-state index in [9.17, 15) is 4.79 Å². The van der Waals surface area contributed by atoms with Crippen molar-refractivity contribution in [2.45, 2.75) is 20.3 Å². The van der Waals surface area contributed by atoms with E-state index in [1.165, 1.54) is 5.56 Å². The van der Waals surface area contributed by atoms with Crippen molar-refractivity contribution in [2.75, 3.05) is 5.32 Å². The van der Waals surface area contributed by atoms with Crippen LogP contribution in [0.2, 0.25) is 5.02 Å². The molecule has 156 valence electrons. The molecule has 0 aliphatic carbocycles. The third kappa shape index (κ3) is 5.10. The van der Waals surface area contributed by atoms with Gasteiger partial charge in [0, 0.05) is 22.7 Å². The summed E-state index contributed by atoms with van der Waals surface area (Å²) in [5, 5.41) is 6.36. The molecule has 0 aliphatic heterocycles. The second kappa shape index (κ2) is 8.88. The topological polar surface area (TPSA) is 67.2 Å². The molecule has 0 spiro atoms. The van der Waals surface area contributed by atoms with Gasteiger partial charge in [-0.05, 0) is 79.2 Å². The van der Waals surface area contributed by atoms with Gasteiger partial charge in [-0.3, -0.25) is 10.1 Å². The molecule has 5 nitrogen and oxygen atoms in total. The maximum atomic E-state index is 12.3. The number of benzene rings is 3. The van der Waals surface area contributed by atoms with E-state index in [-0.39, 0.29) is 11.0 Å². The van der Waals surface area contributed by atoms with Crippen LogP contribution in [-0.2, 0) is 6.42 Å². The molecule has 1 amide bonds. The SMILES string of the molecule is Cc1cc(C)c2oc(Cc3ccc(NC(=S)NC(=O)c4cccc(Cl)c4)cc3)nc2c1. The number of rotatable bonds is 4. The Morgan fingerprint density at radius 1 is 1.10 bits per heavy atom. The van der Waals surface area contributed by atoms with E-state index in [0.717, 1.165) is 27.9 Å². The van der Waals surface area contributed by atoms with Crippen LogP contribution in [-0.4, -0.2) is 16.0 Å². The Bertz CT molecular complexity index is 1280. The second-order valence-electron chi connectivity index (χ2n) is 7.33. The Morgan fingerprint density at radius 2 is 1.87 bits per heavy atom. The summed E-state index contributed by atoms with van der Waals surface area (Å²) < 4.78 is 5.94. The molecule has 4 rings (SSSR count). The van der Waals surface area contributed by atoms with E-state index in [1.54, 1.807) is 24.3 Å². The van der Waals surface area contributed by atoms with Crippen molar-refractivity contribution in [3.63, 3.8) is 0 Å². The Hall–Kier alpha value is -3.22. The summed E-state index contributed by atoms with van der Waals surface area (Å²) >= 11 is 11.2. The number of nitrogens with one attached hydrogen (secondary N) is 2. The van der Waals surface area contributed by atoms with Crippen molar-refractivity contribution in [1.82, 2.24) is 10.3 Å². The van der Waals surface area contributed by atoms with Gasteiger partial charge in [0.1, 0.15) is 5.52 Å². The first kappa shape index (κ1) is 21.0. The van der Waals surface area contributed by atoms with Crippen LogP contribution in [0.4, 0.5) is 5.69 Å². The summed E-state index contributed by atoms with van der Waals surface area (Å²) in [4.78, 5) is 16.9. The number of nitrogens with zero attached hydrogens (tertiary/aromatic N) is 1. The van der Waals surface area contributed by atoms with E-state index in [0.29, 0.717) is 22.9 Å². The van der Waals surface area contributed by atoms with Gasteiger partial charge in [0.2, 0.25) is 0 Å². The normalized spacial score (nSPS) is 10.8. The van der Waals surface area contributed by atoms with Crippen LogP contribution in [0.1, 0.15) is 32.9 Å². The number of aryl methyl sites for hydroxylation is 2. The van der Waals surface area contributed by atoms with Crippen LogP contribution in [0.3, 0.4) is 0 Å². The second-order valence-corrected chi connectivity index (χ2v) is 8.17. The molecule has 0 unspecified atom stereocenters. The fraction of sp³-hybridized carbons (Fsp3) is 0.125. The highest BCUT2D eigenvalue weighted by Crippen LogP contribution is 2.23. The van der Waals surface area contributed by atoms with E-state index in [2.05, 4.69) is 21.7 Å². The van der Waals surface area contributed by atoms with Gasteiger partial charge < -0.3 is 9.73 Å². The van der Waals surface area contributed by atoms with Gasteiger partial charge in [-0.2, -0.15) is 0 Å². The number of thiocarbonyl (C=S) groups is 1. The zero-order valence-electron chi connectivity index (χ0n) is 17.0. The lowest BCUT2D eigenvalue weighted by atomic mass is 10.1. The molecular weight excluding hydrogens is 430 g/mol. The lowest BCUT2D eigenvalue weighted by Crippen LogP contribution is -2.34. The number of halogens is 1. The summed E-state index contributed by atoms with van der Waals surface area (Å²) in [7, 11) is 0. The van der Waals surface area contributed by atoms with Gasteiger partial charge in [0.05, 0.1) is 0 Å². The molecule has 1 heterocycles. The highest BCUT2D eigenvalue weighted by molar-refractivity contribution is 7.80. The van der Waals surface area contributed by atoms with Crippen LogP contribution in [0.25, 0.3) is 11.1 Å². The standard InChI is InChI=1S/C24H20ClN3O2S/c1-14-10-15(2)22-20(11-14)27-21(30-22)12-16-6-8-19(9-7-16)26-24(31)28-23(29)17-4-3-5-18(25)13-17/h3-11,13H,12H2,1-2H3,(H2,26,28,29,31). The van der Waals surface area contributed by atoms with Crippen LogP contribution < -0.4 is 10.6 Å². The van der Waals surface area contributed by atoms with Crippen LogP contribution in [0.5, 0.6) is 0 Å². The Labute approximate surface area is 190 Å². The van der Waals surface area contributed by atoms with E-state index >= 15 is 0 Å². The molecule has 0 bridgehead atoms. The average Bonchev–Trinajstić information content (AvgIpc) is 3.12. The molecule has 0 aliphatic rings. The number of oxazole rings is 1. The van der Waals surface area contributed by atoms with E-state index in [1.807, 2.05) is 44.2 Å². The fourth-order valence-electron chi connectivity index (χ4n) is 3.35. The molecule has 0 fully saturated rings. The van der Waals surface area contributed by atoms with E-state index in [4.69, 9.17) is 28.2 Å². The predicted octanol–water partition coefficient (Wildman–Crippen LogP) is 5.82. The van der Waals surface area contributed by atoms with Crippen molar-refractivity contribution < 1.29 is 9.21 Å². The highest BCUT2D eigenvalue weighted by Gasteiger charge is 2.11. The molecule has 0 atom stereocenters. The maximum absolute atomic E-state index is 12.3. The van der Waals surface area contributed by atoms with Gasteiger partial charge in [0.15, 0.2) is 16.6 Å². The van der Waals surface area contributed by atoms with Crippen molar-refractivity contribution in [2.24, 2.45) is 0 Å². The van der Waals surface area contributed by atoms with Crippen LogP contribution >= 0.6 is 23.8 Å². The Morgan fingerprint density at radius 3 is 2.61 bits per heavy atom. The first-order valence-corrected chi connectivity index (χ1v) is 10.5. The third-order valence-electron chi connectivity index (χ3n) is 4.75. The molecule has 0 saturated heterocycles. The molecule has 0 radical (unpaired) electrons. The first-order chi connectivity index (χ1) is 14.9. The van der Waals surface area contributed by atoms with Gasteiger partial charge >= 0.3 is 0 Å². The number of carbonyl (C=O) groups is 1. The van der Waals surface area contributed by atoms with E-state index < -0.39 is 0 Å². The van der Waals surface area contributed by atoms with Gasteiger partial charge in [-0.1, -0.05) is 35.9 Å². The minimum atomic E-state index is -0.321. The summed E-state index contributed by atoms with van der Waals surface area (Å²) in [5.41, 5.74) is 6.23. The monoisotopic (exact) mass is 449 g/mol. The Kier molecular flexibility index (Phi) is 6.02.